The van der Waals surface area contributed by atoms with Crippen LogP contribution < -0.4 is 0 Å². The van der Waals surface area contributed by atoms with Crippen molar-refractivity contribution in [3.8, 4) is 0 Å². The zero-order valence-corrected chi connectivity index (χ0v) is 14.3. The van der Waals surface area contributed by atoms with Crippen molar-refractivity contribution < 1.29 is 19.4 Å². The first kappa shape index (κ1) is 16.4. The lowest BCUT2D eigenvalue weighted by Crippen LogP contribution is -2.40. The fourth-order valence-electron chi connectivity index (χ4n) is 3.67. The van der Waals surface area contributed by atoms with Crippen molar-refractivity contribution in [3.63, 3.8) is 0 Å². The number of carbonyl (C=O) groups is 2. The highest BCUT2D eigenvalue weighted by atomic mass is 16.6. The van der Waals surface area contributed by atoms with Gasteiger partial charge >= 0.3 is 6.09 Å². The van der Waals surface area contributed by atoms with Crippen molar-refractivity contribution in [2.75, 3.05) is 26.2 Å². The third-order valence-corrected chi connectivity index (χ3v) is 5.46. The standard InChI is InChI=1S/C17H24N4O4/c22-15(11-20-7-8-25-17(20)24)19-5-2-6-21-13(10-19)9-14(18-21)16(23)12-3-1-4-12/h9,12,16,23H,1-8,10-11H2/t16-/m1/s1. The van der Waals surface area contributed by atoms with Crippen LogP contribution in [0.5, 0.6) is 0 Å². The molecule has 2 aliphatic heterocycles. The van der Waals surface area contributed by atoms with Crippen LogP contribution in [-0.2, 0) is 22.6 Å². The Kier molecular flexibility index (Phi) is 4.37. The molecule has 3 heterocycles. The van der Waals surface area contributed by atoms with E-state index in [9.17, 15) is 14.7 Å². The van der Waals surface area contributed by atoms with Gasteiger partial charge in [-0.05, 0) is 31.2 Å². The number of aliphatic hydroxyl groups excluding tert-OH is 1. The molecule has 1 N–H and O–H groups in total. The number of carbonyl (C=O) groups excluding carboxylic acids is 2. The van der Waals surface area contributed by atoms with E-state index in [1.165, 1.54) is 11.3 Å². The molecule has 4 rings (SSSR count). The maximum absolute atomic E-state index is 12.6. The second-order valence-corrected chi connectivity index (χ2v) is 7.12. The monoisotopic (exact) mass is 348 g/mol. The van der Waals surface area contributed by atoms with Gasteiger partial charge in [0, 0.05) is 13.1 Å². The average Bonchev–Trinajstić information content (AvgIpc) is 3.06. The molecular weight excluding hydrogens is 324 g/mol. The molecule has 2 fully saturated rings. The number of hydrogen-bond donors (Lipinski definition) is 1. The first-order chi connectivity index (χ1) is 12.1. The predicted molar refractivity (Wildman–Crippen MR) is 87.5 cm³/mol. The van der Waals surface area contributed by atoms with E-state index in [1.807, 2.05) is 10.7 Å². The van der Waals surface area contributed by atoms with Crippen LogP contribution in [0.3, 0.4) is 0 Å². The molecule has 1 aromatic rings. The number of cyclic esters (lactones) is 1. The molecule has 2 amide bonds. The third-order valence-electron chi connectivity index (χ3n) is 5.46. The van der Waals surface area contributed by atoms with E-state index >= 15 is 0 Å². The van der Waals surface area contributed by atoms with Crippen molar-refractivity contribution >= 4 is 12.0 Å². The van der Waals surface area contributed by atoms with Gasteiger partial charge in [-0.25, -0.2) is 4.79 Å². The van der Waals surface area contributed by atoms with E-state index in [4.69, 9.17) is 4.74 Å². The van der Waals surface area contributed by atoms with Crippen LogP contribution in [-0.4, -0.2) is 62.9 Å². The summed E-state index contributed by atoms with van der Waals surface area (Å²) in [5.41, 5.74) is 1.67. The van der Waals surface area contributed by atoms with Crippen LogP contribution in [0.4, 0.5) is 4.79 Å². The van der Waals surface area contributed by atoms with Gasteiger partial charge in [0.25, 0.3) is 0 Å². The SMILES string of the molecule is O=C(CN1CCOC1=O)N1CCCn2nc([C@H](O)C3CCC3)cc2C1. The van der Waals surface area contributed by atoms with Gasteiger partial charge in [0.2, 0.25) is 5.91 Å². The van der Waals surface area contributed by atoms with E-state index in [0.717, 1.165) is 37.2 Å². The summed E-state index contributed by atoms with van der Waals surface area (Å²) in [4.78, 5) is 27.3. The van der Waals surface area contributed by atoms with Gasteiger partial charge < -0.3 is 14.7 Å². The van der Waals surface area contributed by atoms with E-state index in [2.05, 4.69) is 5.10 Å². The highest BCUT2D eigenvalue weighted by molar-refractivity contribution is 5.82. The zero-order chi connectivity index (χ0) is 17.4. The van der Waals surface area contributed by atoms with E-state index in [0.29, 0.717) is 32.2 Å². The van der Waals surface area contributed by atoms with Gasteiger partial charge in [-0.2, -0.15) is 5.10 Å². The average molecular weight is 348 g/mol. The van der Waals surface area contributed by atoms with E-state index < -0.39 is 12.2 Å². The number of aliphatic hydroxyl groups is 1. The Morgan fingerprint density at radius 1 is 1.32 bits per heavy atom. The van der Waals surface area contributed by atoms with Gasteiger partial charge in [-0.15, -0.1) is 0 Å². The topological polar surface area (TPSA) is 87.9 Å². The fraction of sp³-hybridized carbons (Fsp3) is 0.706. The van der Waals surface area contributed by atoms with Crippen LogP contribution in [0.25, 0.3) is 0 Å². The number of nitrogens with zero attached hydrogens (tertiary/aromatic N) is 4. The lowest BCUT2D eigenvalue weighted by Gasteiger charge is -2.29. The van der Waals surface area contributed by atoms with E-state index in [-0.39, 0.29) is 12.5 Å². The van der Waals surface area contributed by atoms with Crippen molar-refractivity contribution in [2.45, 2.75) is 44.9 Å². The second kappa shape index (κ2) is 6.67. The van der Waals surface area contributed by atoms with Crippen molar-refractivity contribution in [1.29, 1.82) is 0 Å². The van der Waals surface area contributed by atoms with Gasteiger partial charge in [0.05, 0.1) is 24.5 Å². The Morgan fingerprint density at radius 2 is 2.16 bits per heavy atom. The normalized spacial score (nSPS) is 22.2. The molecule has 136 valence electrons. The molecule has 8 nitrogen and oxygen atoms in total. The molecule has 0 unspecified atom stereocenters. The van der Waals surface area contributed by atoms with Gasteiger partial charge in [0.1, 0.15) is 19.3 Å². The lowest BCUT2D eigenvalue weighted by atomic mass is 9.80. The number of rotatable bonds is 4. The third kappa shape index (κ3) is 3.22. The number of fused-ring (bicyclic) bond motifs is 1. The molecule has 1 aromatic heterocycles. The fourth-order valence-corrected chi connectivity index (χ4v) is 3.67. The summed E-state index contributed by atoms with van der Waals surface area (Å²) < 4.78 is 6.79. The largest absolute Gasteiger partial charge is 0.448 e. The van der Waals surface area contributed by atoms with Gasteiger partial charge in [0.15, 0.2) is 0 Å². The Balaban J connectivity index is 1.44. The van der Waals surface area contributed by atoms with Crippen LogP contribution in [0.15, 0.2) is 6.07 Å². The molecular formula is C17H24N4O4. The molecule has 1 aliphatic carbocycles. The Morgan fingerprint density at radius 3 is 2.84 bits per heavy atom. The summed E-state index contributed by atoms with van der Waals surface area (Å²) in [5, 5.41) is 15.0. The molecule has 0 radical (unpaired) electrons. The maximum Gasteiger partial charge on any atom is 0.410 e. The number of aromatic nitrogens is 2. The number of ether oxygens (including phenoxy) is 1. The minimum absolute atomic E-state index is 0.0600. The van der Waals surface area contributed by atoms with Crippen molar-refractivity contribution in [1.82, 2.24) is 19.6 Å². The molecule has 0 bridgehead atoms. The summed E-state index contributed by atoms with van der Waals surface area (Å²) in [6, 6.07) is 1.93. The molecule has 1 saturated carbocycles. The minimum Gasteiger partial charge on any atom is -0.448 e. The number of amides is 2. The molecule has 0 spiro atoms. The second-order valence-electron chi connectivity index (χ2n) is 7.12. The Labute approximate surface area is 146 Å². The Hall–Kier alpha value is -2.09. The lowest BCUT2D eigenvalue weighted by molar-refractivity contribution is -0.132. The summed E-state index contributed by atoms with van der Waals surface area (Å²) in [6.07, 6.45) is 3.18. The summed E-state index contributed by atoms with van der Waals surface area (Å²) in [6.45, 7) is 2.72. The van der Waals surface area contributed by atoms with Gasteiger partial charge in [-0.3, -0.25) is 14.4 Å². The number of aryl methyl sites for hydroxylation is 1. The molecule has 3 aliphatic rings. The predicted octanol–water partition coefficient (Wildman–Crippen LogP) is 0.901. The highest BCUT2D eigenvalue weighted by Crippen LogP contribution is 2.37. The summed E-state index contributed by atoms with van der Waals surface area (Å²) in [7, 11) is 0. The molecule has 1 atom stereocenters. The van der Waals surface area contributed by atoms with Gasteiger partial charge in [-0.1, -0.05) is 6.42 Å². The molecule has 0 aromatic carbocycles. The quantitative estimate of drug-likeness (QED) is 0.873. The minimum atomic E-state index is -0.503. The Bertz CT molecular complexity index is 670. The first-order valence-corrected chi connectivity index (χ1v) is 9.06. The number of hydrogen-bond acceptors (Lipinski definition) is 5. The van der Waals surface area contributed by atoms with Crippen LogP contribution >= 0.6 is 0 Å². The molecule has 8 heteroatoms. The van der Waals surface area contributed by atoms with E-state index in [1.54, 1.807) is 4.90 Å². The van der Waals surface area contributed by atoms with Crippen molar-refractivity contribution in [3.05, 3.63) is 17.5 Å². The highest BCUT2D eigenvalue weighted by Gasteiger charge is 2.31. The smallest absolute Gasteiger partial charge is 0.410 e. The first-order valence-electron chi connectivity index (χ1n) is 9.06. The molecule has 25 heavy (non-hydrogen) atoms. The van der Waals surface area contributed by atoms with Crippen LogP contribution in [0.1, 0.15) is 43.2 Å². The zero-order valence-electron chi connectivity index (χ0n) is 14.3. The van der Waals surface area contributed by atoms with Crippen LogP contribution in [0.2, 0.25) is 0 Å². The molecule has 1 saturated heterocycles. The van der Waals surface area contributed by atoms with Crippen LogP contribution in [0, 0.1) is 5.92 Å². The van der Waals surface area contributed by atoms with Crippen molar-refractivity contribution in [2.24, 2.45) is 5.92 Å². The summed E-state index contributed by atoms with van der Waals surface area (Å²) >= 11 is 0. The summed E-state index contributed by atoms with van der Waals surface area (Å²) in [5.74, 6) is 0.243. The maximum atomic E-state index is 12.6.